The van der Waals surface area contributed by atoms with Crippen LogP contribution < -0.4 is 0 Å². The van der Waals surface area contributed by atoms with E-state index in [0.717, 1.165) is 6.42 Å². The Morgan fingerprint density at radius 1 is 1.21 bits per heavy atom. The summed E-state index contributed by atoms with van der Waals surface area (Å²) in [5.74, 6) is 0. The molecule has 0 aliphatic carbocycles. The summed E-state index contributed by atoms with van der Waals surface area (Å²) < 4.78 is 0. The molecule has 0 spiro atoms. The highest BCUT2D eigenvalue weighted by molar-refractivity contribution is 5.48. The molecule has 0 unspecified atom stereocenters. The zero-order valence-corrected chi connectivity index (χ0v) is 9.03. The third-order valence-electron chi connectivity index (χ3n) is 2.31. The van der Waals surface area contributed by atoms with Gasteiger partial charge in [-0.05, 0) is 17.4 Å². The number of benzene rings is 1. The fourth-order valence-electron chi connectivity index (χ4n) is 1.15. The first-order valence-corrected chi connectivity index (χ1v) is 4.99. The summed E-state index contributed by atoms with van der Waals surface area (Å²) in [7, 11) is 0. The van der Waals surface area contributed by atoms with Crippen molar-refractivity contribution in [2.45, 2.75) is 20.3 Å². The zero-order valence-electron chi connectivity index (χ0n) is 9.03. The molecule has 0 amide bonds. The van der Waals surface area contributed by atoms with Crippen molar-refractivity contribution in [1.29, 1.82) is 0 Å². The molecule has 0 heterocycles. The van der Waals surface area contributed by atoms with E-state index in [1.165, 1.54) is 5.56 Å². The molecular formula is C14H18. The molecule has 1 rings (SSSR count). The van der Waals surface area contributed by atoms with E-state index in [1.54, 1.807) is 0 Å². The molecule has 0 N–H and O–H groups in total. The van der Waals surface area contributed by atoms with Crippen molar-refractivity contribution in [2.75, 3.05) is 0 Å². The highest BCUT2D eigenvalue weighted by Gasteiger charge is 2.09. The van der Waals surface area contributed by atoms with E-state index in [1.807, 2.05) is 12.1 Å². The van der Waals surface area contributed by atoms with Crippen molar-refractivity contribution >= 4 is 6.08 Å². The minimum absolute atomic E-state index is 0.200. The quantitative estimate of drug-likeness (QED) is 0.615. The predicted octanol–water partition coefficient (Wildman–Crippen LogP) is 4.30. The van der Waals surface area contributed by atoms with Crippen molar-refractivity contribution in [3.05, 3.63) is 54.6 Å². The highest BCUT2D eigenvalue weighted by Crippen LogP contribution is 2.22. The third-order valence-corrected chi connectivity index (χ3v) is 2.31. The Balaban J connectivity index is 2.54. The first-order valence-electron chi connectivity index (χ1n) is 4.99. The second-order valence-corrected chi connectivity index (χ2v) is 4.21. The molecule has 74 valence electrons. The normalized spacial score (nSPS) is 11.9. The summed E-state index contributed by atoms with van der Waals surface area (Å²) in [5.41, 5.74) is 1.46. The van der Waals surface area contributed by atoms with Crippen LogP contribution in [-0.2, 0) is 0 Å². The minimum Gasteiger partial charge on any atom is -0.103 e. The molecule has 0 aliphatic heterocycles. The molecule has 0 saturated heterocycles. The molecule has 0 fully saturated rings. The van der Waals surface area contributed by atoms with Crippen LogP contribution >= 0.6 is 0 Å². The van der Waals surface area contributed by atoms with Crippen LogP contribution in [0.15, 0.2) is 49.1 Å². The van der Waals surface area contributed by atoms with Crippen LogP contribution in [0.3, 0.4) is 0 Å². The Morgan fingerprint density at radius 3 is 2.43 bits per heavy atom. The van der Waals surface area contributed by atoms with Crippen LogP contribution in [0.4, 0.5) is 0 Å². The summed E-state index contributed by atoms with van der Waals surface area (Å²) in [5, 5.41) is 0. The SMILES string of the molecule is C=CC(C)(C)C/C=C/c1ccccc1. The predicted molar refractivity (Wildman–Crippen MR) is 64.1 cm³/mol. The van der Waals surface area contributed by atoms with Gasteiger partial charge in [-0.1, -0.05) is 62.4 Å². The first-order chi connectivity index (χ1) is 6.64. The molecule has 0 radical (unpaired) electrons. The van der Waals surface area contributed by atoms with Crippen LogP contribution in [0, 0.1) is 5.41 Å². The lowest BCUT2D eigenvalue weighted by Crippen LogP contribution is -2.03. The third kappa shape index (κ3) is 3.61. The second kappa shape index (κ2) is 4.80. The Kier molecular flexibility index (Phi) is 3.70. The average Bonchev–Trinajstić information content (AvgIpc) is 2.19. The molecule has 14 heavy (non-hydrogen) atoms. The molecule has 1 aromatic rings. The molecule has 0 heteroatoms. The minimum atomic E-state index is 0.200. The molecule has 0 aromatic heterocycles. The Morgan fingerprint density at radius 2 is 1.86 bits per heavy atom. The topological polar surface area (TPSA) is 0 Å². The van der Waals surface area contributed by atoms with Gasteiger partial charge in [0.2, 0.25) is 0 Å². The van der Waals surface area contributed by atoms with E-state index < -0.39 is 0 Å². The van der Waals surface area contributed by atoms with Gasteiger partial charge in [0.15, 0.2) is 0 Å². The largest absolute Gasteiger partial charge is 0.103 e. The number of hydrogen-bond donors (Lipinski definition) is 0. The lowest BCUT2D eigenvalue weighted by Gasteiger charge is -2.16. The van der Waals surface area contributed by atoms with Gasteiger partial charge in [0, 0.05) is 0 Å². The van der Waals surface area contributed by atoms with Crippen molar-refractivity contribution < 1.29 is 0 Å². The van der Waals surface area contributed by atoms with Crippen LogP contribution in [-0.4, -0.2) is 0 Å². The average molecular weight is 186 g/mol. The lowest BCUT2D eigenvalue weighted by molar-refractivity contribution is 0.491. The number of rotatable bonds is 4. The van der Waals surface area contributed by atoms with E-state index in [2.05, 4.69) is 56.8 Å². The Hall–Kier alpha value is -1.30. The summed E-state index contributed by atoms with van der Waals surface area (Å²) in [6.45, 7) is 8.20. The summed E-state index contributed by atoms with van der Waals surface area (Å²) in [4.78, 5) is 0. The fraction of sp³-hybridized carbons (Fsp3) is 0.286. The molecular weight excluding hydrogens is 168 g/mol. The lowest BCUT2D eigenvalue weighted by atomic mass is 9.89. The van der Waals surface area contributed by atoms with Gasteiger partial charge in [0.25, 0.3) is 0 Å². The number of hydrogen-bond acceptors (Lipinski definition) is 0. The summed E-state index contributed by atoms with van der Waals surface area (Å²) in [6, 6.07) is 10.4. The maximum atomic E-state index is 3.82. The maximum Gasteiger partial charge on any atom is -0.0143 e. The molecule has 1 aromatic carbocycles. The van der Waals surface area contributed by atoms with E-state index in [9.17, 15) is 0 Å². The van der Waals surface area contributed by atoms with E-state index in [0.29, 0.717) is 0 Å². The standard InChI is InChI=1S/C14H18/c1-4-14(2,3)12-8-11-13-9-6-5-7-10-13/h4-11H,1,12H2,2-3H3/b11-8+. The Labute approximate surface area is 87.0 Å². The molecule has 0 saturated carbocycles. The molecule has 0 bridgehead atoms. The van der Waals surface area contributed by atoms with E-state index in [-0.39, 0.29) is 5.41 Å². The van der Waals surface area contributed by atoms with Gasteiger partial charge in [-0.2, -0.15) is 0 Å². The van der Waals surface area contributed by atoms with Gasteiger partial charge < -0.3 is 0 Å². The molecule has 0 atom stereocenters. The zero-order chi connectivity index (χ0) is 10.4. The van der Waals surface area contributed by atoms with Gasteiger partial charge in [0.05, 0.1) is 0 Å². The van der Waals surface area contributed by atoms with Crippen LogP contribution in [0.25, 0.3) is 6.08 Å². The van der Waals surface area contributed by atoms with Crippen molar-refractivity contribution in [3.8, 4) is 0 Å². The smallest absolute Gasteiger partial charge is 0.0143 e. The van der Waals surface area contributed by atoms with Gasteiger partial charge in [0.1, 0.15) is 0 Å². The Bertz CT molecular complexity index is 304. The monoisotopic (exact) mass is 186 g/mol. The van der Waals surface area contributed by atoms with Crippen LogP contribution in [0.1, 0.15) is 25.8 Å². The molecule has 0 nitrogen and oxygen atoms in total. The molecule has 0 aliphatic rings. The van der Waals surface area contributed by atoms with Crippen molar-refractivity contribution in [1.82, 2.24) is 0 Å². The van der Waals surface area contributed by atoms with Gasteiger partial charge in [-0.3, -0.25) is 0 Å². The van der Waals surface area contributed by atoms with Gasteiger partial charge in [-0.15, -0.1) is 6.58 Å². The van der Waals surface area contributed by atoms with Crippen molar-refractivity contribution in [2.24, 2.45) is 5.41 Å². The summed E-state index contributed by atoms with van der Waals surface area (Å²) >= 11 is 0. The van der Waals surface area contributed by atoms with Gasteiger partial charge >= 0.3 is 0 Å². The number of allylic oxidation sites excluding steroid dienone is 2. The van der Waals surface area contributed by atoms with Crippen LogP contribution in [0.5, 0.6) is 0 Å². The fourth-order valence-corrected chi connectivity index (χ4v) is 1.15. The van der Waals surface area contributed by atoms with Crippen LogP contribution in [0.2, 0.25) is 0 Å². The van der Waals surface area contributed by atoms with E-state index >= 15 is 0 Å². The maximum absolute atomic E-state index is 3.82. The first kappa shape index (κ1) is 10.8. The van der Waals surface area contributed by atoms with Gasteiger partial charge in [-0.25, -0.2) is 0 Å². The highest BCUT2D eigenvalue weighted by atomic mass is 14.1. The van der Waals surface area contributed by atoms with Crippen molar-refractivity contribution in [3.63, 3.8) is 0 Å². The van der Waals surface area contributed by atoms with E-state index in [4.69, 9.17) is 0 Å². The second-order valence-electron chi connectivity index (χ2n) is 4.21. The summed E-state index contributed by atoms with van der Waals surface area (Å²) in [6.07, 6.45) is 7.40.